The molecule has 0 bridgehead atoms. The third-order valence-corrected chi connectivity index (χ3v) is 7.23. The molecule has 8 heteroatoms. The lowest BCUT2D eigenvalue weighted by molar-refractivity contribution is -0.130. The van der Waals surface area contributed by atoms with Crippen molar-refractivity contribution in [1.82, 2.24) is 14.7 Å². The van der Waals surface area contributed by atoms with Crippen LogP contribution in [-0.4, -0.2) is 39.4 Å². The summed E-state index contributed by atoms with van der Waals surface area (Å²) < 4.78 is 3.17. The van der Waals surface area contributed by atoms with Gasteiger partial charge in [-0.1, -0.05) is 54.6 Å². The summed E-state index contributed by atoms with van der Waals surface area (Å²) in [5.41, 5.74) is 1.86. The molecule has 26 heavy (non-hydrogen) atoms. The number of carbonyl (C=O) groups is 1. The first-order valence-electron chi connectivity index (χ1n) is 8.60. The molecule has 0 saturated carbocycles. The standard InChI is InChI=1S/C18H22ClN3OS3/c1-11-6-12(2)9-21(8-11)16(23)10-25-17-20-22(18(24)26-17)14-5-4-13(3)15(19)7-14/h4-5,7,11-12H,6,8-10H2,1-3H3. The lowest BCUT2D eigenvalue weighted by atomic mass is 9.92. The Bertz CT molecular complexity index is 854. The van der Waals surface area contributed by atoms with Crippen LogP contribution >= 0.6 is 46.9 Å². The molecule has 4 nitrogen and oxygen atoms in total. The van der Waals surface area contributed by atoms with E-state index in [2.05, 4.69) is 18.9 Å². The number of halogens is 1. The third kappa shape index (κ3) is 4.68. The average molecular weight is 428 g/mol. The van der Waals surface area contributed by atoms with Crippen molar-refractivity contribution in [2.24, 2.45) is 11.8 Å². The van der Waals surface area contributed by atoms with E-state index in [4.69, 9.17) is 23.8 Å². The number of aryl methyl sites for hydroxylation is 1. The van der Waals surface area contributed by atoms with Crippen LogP contribution < -0.4 is 0 Å². The van der Waals surface area contributed by atoms with Crippen LogP contribution in [0.2, 0.25) is 5.02 Å². The van der Waals surface area contributed by atoms with Crippen molar-refractivity contribution in [1.29, 1.82) is 0 Å². The number of likely N-dealkylation sites (tertiary alicyclic amines) is 1. The number of hydrogen-bond donors (Lipinski definition) is 0. The van der Waals surface area contributed by atoms with Gasteiger partial charge in [-0.2, -0.15) is 0 Å². The summed E-state index contributed by atoms with van der Waals surface area (Å²) >= 11 is 14.5. The van der Waals surface area contributed by atoms with E-state index in [1.165, 1.54) is 29.5 Å². The maximum atomic E-state index is 12.5. The molecular formula is C18H22ClN3OS3. The molecule has 0 N–H and O–H groups in total. The third-order valence-electron chi connectivity index (χ3n) is 4.47. The number of hydrogen-bond acceptors (Lipinski definition) is 5. The molecule has 2 atom stereocenters. The van der Waals surface area contributed by atoms with Crippen LogP contribution in [0.4, 0.5) is 0 Å². The number of benzene rings is 1. The van der Waals surface area contributed by atoms with Gasteiger partial charge in [0.25, 0.3) is 0 Å². The van der Waals surface area contributed by atoms with Gasteiger partial charge in [0.15, 0.2) is 8.29 Å². The zero-order chi connectivity index (χ0) is 18.8. The molecule has 1 aromatic heterocycles. The second kappa shape index (κ2) is 8.42. The predicted octanol–water partition coefficient (Wildman–Crippen LogP) is 5.22. The van der Waals surface area contributed by atoms with Crippen LogP contribution in [0.25, 0.3) is 5.69 Å². The maximum Gasteiger partial charge on any atom is 0.233 e. The minimum Gasteiger partial charge on any atom is -0.341 e. The smallest absolute Gasteiger partial charge is 0.233 e. The first-order valence-corrected chi connectivity index (χ1v) is 11.2. The second-order valence-corrected chi connectivity index (χ2v) is 10.3. The molecule has 1 aliphatic heterocycles. The lowest BCUT2D eigenvalue weighted by Gasteiger charge is -2.34. The van der Waals surface area contributed by atoms with E-state index in [0.717, 1.165) is 28.7 Å². The van der Waals surface area contributed by atoms with E-state index in [9.17, 15) is 4.79 Å². The van der Waals surface area contributed by atoms with Crippen molar-refractivity contribution in [3.63, 3.8) is 0 Å². The fourth-order valence-corrected chi connectivity index (χ4v) is 5.72. The Morgan fingerprint density at radius 2 is 2.08 bits per heavy atom. The number of amides is 1. The van der Waals surface area contributed by atoms with E-state index in [1.807, 2.05) is 30.0 Å². The fraction of sp³-hybridized carbons (Fsp3) is 0.500. The summed E-state index contributed by atoms with van der Waals surface area (Å²) in [6.45, 7) is 8.10. The summed E-state index contributed by atoms with van der Waals surface area (Å²) in [7, 11) is 0. The van der Waals surface area contributed by atoms with E-state index < -0.39 is 0 Å². The highest BCUT2D eigenvalue weighted by molar-refractivity contribution is 8.01. The van der Waals surface area contributed by atoms with Gasteiger partial charge in [0.2, 0.25) is 5.91 Å². The van der Waals surface area contributed by atoms with Crippen LogP contribution in [0.1, 0.15) is 25.8 Å². The molecular weight excluding hydrogens is 406 g/mol. The summed E-state index contributed by atoms with van der Waals surface area (Å²) in [5, 5.41) is 5.25. The average Bonchev–Trinajstić information content (AvgIpc) is 2.95. The first kappa shape index (κ1) is 19.9. The molecule has 1 saturated heterocycles. The van der Waals surface area contributed by atoms with E-state index in [-0.39, 0.29) is 5.91 Å². The van der Waals surface area contributed by atoms with Crippen molar-refractivity contribution >= 4 is 52.8 Å². The van der Waals surface area contributed by atoms with Gasteiger partial charge in [-0.15, -0.1) is 5.10 Å². The molecule has 0 spiro atoms. The van der Waals surface area contributed by atoms with Gasteiger partial charge >= 0.3 is 0 Å². The van der Waals surface area contributed by atoms with Crippen molar-refractivity contribution < 1.29 is 4.79 Å². The molecule has 0 radical (unpaired) electrons. The van der Waals surface area contributed by atoms with Crippen molar-refractivity contribution in [3.05, 3.63) is 32.7 Å². The quantitative estimate of drug-likeness (QED) is 0.495. The first-order chi connectivity index (χ1) is 12.3. The molecule has 1 fully saturated rings. The van der Waals surface area contributed by atoms with Crippen molar-refractivity contribution in [3.8, 4) is 5.69 Å². The maximum absolute atomic E-state index is 12.5. The van der Waals surface area contributed by atoms with Gasteiger partial charge in [0.1, 0.15) is 0 Å². The molecule has 2 aromatic rings. The van der Waals surface area contributed by atoms with Crippen LogP contribution in [-0.2, 0) is 4.79 Å². The van der Waals surface area contributed by atoms with Crippen LogP contribution in [0.15, 0.2) is 22.5 Å². The largest absolute Gasteiger partial charge is 0.341 e. The Labute approximate surface area is 172 Å². The van der Waals surface area contributed by atoms with Gasteiger partial charge in [0, 0.05) is 18.1 Å². The number of thioether (sulfide) groups is 1. The van der Waals surface area contributed by atoms with Crippen molar-refractivity contribution in [2.75, 3.05) is 18.8 Å². The highest BCUT2D eigenvalue weighted by Crippen LogP contribution is 2.27. The summed E-state index contributed by atoms with van der Waals surface area (Å²) in [6.07, 6.45) is 1.20. The minimum absolute atomic E-state index is 0.180. The van der Waals surface area contributed by atoms with Crippen LogP contribution in [0, 0.1) is 22.7 Å². The molecule has 140 valence electrons. The molecule has 0 aliphatic carbocycles. The number of aromatic nitrogens is 2. The normalized spacial score (nSPS) is 20.4. The van der Waals surface area contributed by atoms with Crippen molar-refractivity contribution in [2.45, 2.75) is 31.5 Å². The molecule has 1 aliphatic rings. The minimum atomic E-state index is 0.180. The zero-order valence-electron chi connectivity index (χ0n) is 15.1. The van der Waals surface area contributed by atoms with Gasteiger partial charge in [-0.05, 0) is 55.1 Å². The number of rotatable bonds is 4. The van der Waals surface area contributed by atoms with Gasteiger partial charge < -0.3 is 4.90 Å². The van der Waals surface area contributed by atoms with E-state index in [0.29, 0.717) is 26.6 Å². The van der Waals surface area contributed by atoms with E-state index in [1.54, 1.807) is 4.68 Å². The highest BCUT2D eigenvalue weighted by Gasteiger charge is 2.25. The highest BCUT2D eigenvalue weighted by atomic mass is 35.5. The Morgan fingerprint density at radius 1 is 1.38 bits per heavy atom. The molecule has 3 rings (SSSR count). The van der Waals surface area contributed by atoms with Gasteiger partial charge in [-0.3, -0.25) is 4.79 Å². The molecule has 1 amide bonds. The monoisotopic (exact) mass is 427 g/mol. The zero-order valence-corrected chi connectivity index (χ0v) is 18.3. The van der Waals surface area contributed by atoms with Crippen LogP contribution in [0.3, 0.4) is 0 Å². The Morgan fingerprint density at radius 3 is 2.73 bits per heavy atom. The predicted molar refractivity (Wildman–Crippen MR) is 112 cm³/mol. The number of carbonyl (C=O) groups excluding carboxylic acids is 1. The summed E-state index contributed by atoms with van der Waals surface area (Å²) in [4.78, 5) is 14.5. The Balaban J connectivity index is 1.67. The fourth-order valence-electron chi connectivity index (χ4n) is 3.28. The summed E-state index contributed by atoms with van der Waals surface area (Å²) in [5.74, 6) is 1.72. The second-order valence-electron chi connectivity index (χ2n) is 7.01. The lowest BCUT2D eigenvalue weighted by Crippen LogP contribution is -2.43. The van der Waals surface area contributed by atoms with Crippen LogP contribution in [0.5, 0.6) is 0 Å². The Hall–Kier alpha value is -0.890. The topological polar surface area (TPSA) is 38.1 Å². The molecule has 2 heterocycles. The summed E-state index contributed by atoms with van der Waals surface area (Å²) in [6, 6.07) is 5.77. The SMILES string of the molecule is Cc1ccc(-n2nc(SCC(=O)N3CC(C)CC(C)C3)sc2=S)cc1Cl. The molecule has 1 aromatic carbocycles. The number of piperidine rings is 1. The van der Waals surface area contributed by atoms with Gasteiger partial charge in [0.05, 0.1) is 11.4 Å². The Kier molecular flexibility index (Phi) is 6.43. The molecule has 2 unspecified atom stereocenters. The number of nitrogens with zero attached hydrogens (tertiary/aromatic N) is 3. The van der Waals surface area contributed by atoms with E-state index >= 15 is 0 Å². The van der Waals surface area contributed by atoms with Gasteiger partial charge in [-0.25, -0.2) is 4.68 Å².